The van der Waals surface area contributed by atoms with E-state index in [0.29, 0.717) is 23.8 Å². The Hall–Kier alpha value is -2.74. The number of amides is 1. The van der Waals surface area contributed by atoms with E-state index in [1.54, 1.807) is 5.38 Å². The molecular weight excluding hydrogens is 406 g/mol. The molecule has 4 rings (SSSR count). The molecule has 0 atom stereocenters. The molecule has 8 heteroatoms. The van der Waals surface area contributed by atoms with Crippen LogP contribution in [0.15, 0.2) is 53.9 Å². The summed E-state index contributed by atoms with van der Waals surface area (Å²) >= 11 is 7.50. The van der Waals surface area contributed by atoms with Crippen molar-refractivity contribution in [3.05, 3.63) is 81.0 Å². The van der Waals surface area contributed by atoms with Crippen molar-refractivity contribution < 1.29 is 4.79 Å². The predicted octanol–water partition coefficient (Wildman–Crippen LogP) is 3.94. The third-order valence-electron chi connectivity index (χ3n) is 4.38. The Kier molecular flexibility index (Phi) is 6.19. The molecule has 0 radical (unpaired) electrons. The van der Waals surface area contributed by atoms with Gasteiger partial charge in [-0.3, -0.25) is 4.79 Å². The summed E-state index contributed by atoms with van der Waals surface area (Å²) in [6, 6.07) is 15.4. The molecule has 1 amide bonds. The predicted molar refractivity (Wildman–Crippen MR) is 116 cm³/mol. The second kappa shape index (κ2) is 9.17. The number of carbonyl (C=O) groups is 1. The van der Waals surface area contributed by atoms with Crippen LogP contribution < -0.4 is 10.6 Å². The molecule has 3 N–H and O–H groups in total. The Morgan fingerprint density at radius 2 is 1.97 bits per heavy atom. The minimum absolute atomic E-state index is 0.148. The number of carbonyl (C=O) groups excluding carboxylic acids is 1. The number of H-pyrrole nitrogens is 1. The molecule has 0 aliphatic heterocycles. The van der Waals surface area contributed by atoms with Gasteiger partial charge in [0.15, 0.2) is 0 Å². The second-order valence-corrected chi connectivity index (χ2v) is 7.95. The van der Waals surface area contributed by atoms with Gasteiger partial charge < -0.3 is 15.6 Å². The van der Waals surface area contributed by atoms with E-state index in [-0.39, 0.29) is 5.91 Å². The van der Waals surface area contributed by atoms with Crippen molar-refractivity contribution in [1.82, 2.24) is 25.6 Å². The third-order valence-corrected chi connectivity index (χ3v) is 5.53. The molecule has 2 heterocycles. The maximum absolute atomic E-state index is 12.3. The van der Waals surface area contributed by atoms with Crippen LogP contribution >= 0.6 is 22.9 Å². The summed E-state index contributed by atoms with van der Waals surface area (Å²) in [4.78, 5) is 24.5. The molecule has 0 unspecified atom stereocenters. The highest BCUT2D eigenvalue weighted by Crippen LogP contribution is 2.17. The Balaban J connectivity index is 1.23. The number of nitrogens with one attached hydrogen (secondary N) is 3. The number of aromatic amines is 1. The maximum atomic E-state index is 12.3. The van der Waals surface area contributed by atoms with E-state index < -0.39 is 0 Å². The molecule has 0 spiro atoms. The number of halogens is 1. The average molecular weight is 426 g/mol. The van der Waals surface area contributed by atoms with Crippen LogP contribution in [-0.4, -0.2) is 27.4 Å². The second-order valence-electron chi connectivity index (χ2n) is 6.57. The van der Waals surface area contributed by atoms with Gasteiger partial charge in [-0.1, -0.05) is 41.9 Å². The lowest BCUT2D eigenvalue weighted by Gasteiger charge is -2.03. The van der Waals surface area contributed by atoms with Gasteiger partial charge in [0.25, 0.3) is 5.91 Å². The molecule has 6 nitrogen and oxygen atoms in total. The topological polar surface area (TPSA) is 82.7 Å². The van der Waals surface area contributed by atoms with E-state index in [1.165, 1.54) is 11.3 Å². The number of nitrogens with zero attached hydrogens (tertiary/aromatic N) is 2. The maximum Gasteiger partial charge on any atom is 0.271 e. The van der Waals surface area contributed by atoms with Gasteiger partial charge in [0.1, 0.15) is 11.5 Å². The van der Waals surface area contributed by atoms with Crippen molar-refractivity contribution in [2.45, 2.75) is 19.5 Å². The zero-order valence-corrected chi connectivity index (χ0v) is 17.2. The SMILES string of the molecule is O=C(NCc1ccccc1)c1csc(CCNCc2nc3cc(Cl)ccc3[nH]2)n1. The fraction of sp³-hybridized carbons (Fsp3) is 0.190. The van der Waals surface area contributed by atoms with Crippen molar-refractivity contribution in [2.24, 2.45) is 0 Å². The lowest BCUT2D eigenvalue weighted by molar-refractivity contribution is 0.0946. The number of benzene rings is 2. The van der Waals surface area contributed by atoms with Gasteiger partial charge in [0.2, 0.25) is 0 Å². The van der Waals surface area contributed by atoms with Gasteiger partial charge >= 0.3 is 0 Å². The number of thiazole rings is 1. The third kappa shape index (κ3) is 5.20. The van der Waals surface area contributed by atoms with Crippen molar-refractivity contribution in [3.63, 3.8) is 0 Å². The van der Waals surface area contributed by atoms with Gasteiger partial charge in [-0.25, -0.2) is 9.97 Å². The van der Waals surface area contributed by atoms with Crippen LogP contribution in [0.3, 0.4) is 0 Å². The highest BCUT2D eigenvalue weighted by Gasteiger charge is 2.10. The summed E-state index contributed by atoms with van der Waals surface area (Å²) in [5.74, 6) is 0.715. The summed E-state index contributed by atoms with van der Waals surface area (Å²) in [5.41, 5.74) is 3.36. The lowest BCUT2D eigenvalue weighted by Crippen LogP contribution is -2.23. The molecule has 0 bridgehead atoms. The zero-order chi connectivity index (χ0) is 20.1. The first kappa shape index (κ1) is 19.6. The van der Waals surface area contributed by atoms with Crippen molar-refractivity contribution in [3.8, 4) is 0 Å². The molecule has 148 valence electrons. The van der Waals surface area contributed by atoms with Crippen molar-refractivity contribution in [1.29, 1.82) is 0 Å². The van der Waals surface area contributed by atoms with Crippen LogP contribution in [0.4, 0.5) is 0 Å². The van der Waals surface area contributed by atoms with Crippen LogP contribution in [0.1, 0.15) is 26.9 Å². The van der Waals surface area contributed by atoms with Crippen LogP contribution in [-0.2, 0) is 19.5 Å². The molecule has 0 aliphatic carbocycles. The summed E-state index contributed by atoms with van der Waals surface area (Å²) in [5, 5.41) is 9.66. The first-order valence-corrected chi connectivity index (χ1v) is 10.5. The number of fused-ring (bicyclic) bond motifs is 1. The van der Waals surface area contributed by atoms with Gasteiger partial charge in [-0.05, 0) is 23.8 Å². The van der Waals surface area contributed by atoms with Crippen molar-refractivity contribution in [2.75, 3.05) is 6.54 Å². The smallest absolute Gasteiger partial charge is 0.271 e. The molecule has 29 heavy (non-hydrogen) atoms. The number of rotatable bonds is 8. The normalized spacial score (nSPS) is 11.1. The molecule has 0 fully saturated rings. The highest BCUT2D eigenvalue weighted by molar-refractivity contribution is 7.09. The van der Waals surface area contributed by atoms with Crippen molar-refractivity contribution >= 4 is 39.9 Å². The summed E-state index contributed by atoms with van der Waals surface area (Å²) in [6.07, 6.45) is 0.753. The summed E-state index contributed by atoms with van der Waals surface area (Å²) in [6.45, 7) is 1.87. The Bertz CT molecular complexity index is 1110. The number of aromatic nitrogens is 3. The van der Waals surface area contributed by atoms with Crippen LogP contribution in [0.25, 0.3) is 11.0 Å². The minimum Gasteiger partial charge on any atom is -0.347 e. The molecule has 0 saturated heterocycles. The van der Waals surface area contributed by atoms with E-state index in [0.717, 1.165) is 40.4 Å². The van der Waals surface area contributed by atoms with Gasteiger partial charge in [0, 0.05) is 29.9 Å². The van der Waals surface area contributed by atoms with E-state index in [4.69, 9.17) is 11.6 Å². The highest BCUT2D eigenvalue weighted by atomic mass is 35.5. The fourth-order valence-electron chi connectivity index (χ4n) is 2.92. The van der Waals surface area contributed by atoms with Crippen LogP contribution in [0, 0.1) is 0 Å². The molecule has 4 aromatic rings. The molecule has 2 aromatic heterocycles. The van der Waals surface area contributed by atoms with Gasteiger partial charge in [-0.15, -0.1) is 11.3 Å². The number of hydrogen-bond acceptors (Lipinski definition) is 5. The molecule has 2 aromatic carbocycles. The Labute approximate surface area is 177 Å². The summed E-state index contributed by atoms with van der Waals surface area (Å²) < 4.78 is 0. The zero-order valence-electron chi connectivity index (χ0n) is 15.6. The first-order chi connectivity index (χ1) is 14.2. The first-order valence-electron chi connectivity index (χ1n) is 9.29. The molecule has 0 aliphatic rings. The number of hydrogen-bond donors (Lipinski definition) is 3. The quantitative estimate of drug-likeness (QED) is 0.373. The van der Waals surface area contributed by atoms with E-state index in [9.17, 15) is 4.79 Å². The number of imidazole rings is 1. The Morgan fingerprint density at radius 3 is 2.83 bits per heavy atom. The monoisotopic (exact) mass is 425 g/mol. The van der Waals surface area contributed by atoms with Gasteiger partial charge in [-0.2, -0.15) is 0 Å². The Morgan fingerprint density at radius 1 is 1.10 bits per heavy atom. The minimum atomic E-state index is -0.148. The van der Waals surface area contributed by atoms with E-state index in [2.05, 4.69) is 25.6 Å². The average Bonchev–Trinajstić information content (AvgIpc) is 3.36. The van der Waals surface area contributed by atoms with E-state index in [1.807, 2.05) is 48.5 Å². The lowest BCUT2D eigenvalue weighted by atomic mass is 10.2. The van der Waals surface area contributed by atoms with Gasteiger partial charge in [0.05, 0.1) is 22.6 Å². The fourth-order valence-corrected chi connectivity index (χ4v) is 3.86. The van der Waals surface area contributed by atoms with E-state index >= 15 is 0 Å². The summed E-state index contributed by atoms with van der Waals surface area (Å²) in [7, 11) is 0. The largest absolute Gasteiger partial charge is 0.347 e. The molecular formula is C21H20ClN5OS. The van der Waals surface area contributed by atoms with Crippen LogP contribution in [0.5, 0.6) is 0 Å². The standard InChI is InChI=1S/C21H20ClN5OS/c22-15-6-7-16-17(10-15)26-19(25-16)12-23-9-8-20-27-18(13-29-20)21(28)24-11-14-4-2-1-3-5-14/h1-7,10,13,23H,8-9,11-12H2,(H,24,28)(H,25,26). The molecule has 0 saturated carbocycles. The van der Waals surface area contributed by atoms with Crippen LogP contribution in [0.2, 0.25) is 5.02 Å².